The summed E-state index contributed by atoms with van der Waals surface area (Å²) < 4.78 is 1.75. The van der Waals surface area contributed by atoms with Crippen LogP contribution in [0.1, 0.15) is 4.88 Å². The van der Waals surface area contributed by atoms with E-state index in [0.29, 0.717) is 0 Å². The van der Waals surface area contributed by atoms with E-state index in [4.69, 9.17) is 0 Å². The number of nitrogens with zero attached hydrogens (tertiary/aromatic N) is 4. The van der Waals surface area contributed by atoms with Gasteiger partial charge in [-0.25, -0.2) is 9.97 Å². The van der Waals surface area contributed by atoms with Crippen molar-refractivity contribution in [2.75, 3.05) is 0 Å². The van der Waals surface area contributed by atoms with Crippen molar-refractivity contribution in [1.29, 1.82) is 0 Å². The lowest BCUT2D eigenvalue weighted by Gasteiger charge is -2.00. The van der Waals surface area contributed by atoms with Crippen LogP contribution >= 0.6 is 11.3 Å². The zero-order chi connectivity index (χ0) is 14.4. The Morgan fingerprint density at radius 3 is 3.00 bits per heavy atom. The fourth-order valence-corrected chi connectivity index (χ4v) is 3.27. The second-order valence-electron chi connectivity index (χ2n) is 4.90. The average molecular weight is 296 g/mol. The number of thiophene rings is 1. The number of aryl methyl sites for hydroxylation is 1. The number of aliphatic hydroxyl groups is 1. The lowest BCUT2D eigenvalue weighted by molar-refractivity contribution is 0.285. The van der Waals surface area contributed by atoms with Crippen LogP contribution in [-0.4, -0.2) is 24.9 Å². The van der Waals surface area contributed by atoms with Gasteiger partial charge in [-0.15, -0.1) is 11.3 Å². The first kappa shape index (κ1) is 12.4. The van der Waals surface area contributed by atoms with Gasteiger partial charge in [0.1, 0.15) is 4.83 Å². The van der Waals surface area contributed by atoms with Crippen molar-refractivity contribution in [3.8, 4) is 11.3 Å². The predicted molar refractivity (Wildman–Crippen MR) is 83.0 cm³/mol. The van der Waals surface area contributed by atoms with Gasteiger partial charge in [0.15, 0.2) is 5.65 Å². The van der Waals surface area contributed by atoms with Crippen LogP contribution in [0.25, 0.3) is 32.5 Å². The van der Waals surface area contributed by atoms with E-state index in [-0.39, 0.29) is 6.61 Å². The summed E-state index contributed by atoms with van der Waals surface area (Å²) in [6.07, 6.45) is 3.74. The van der Waals surface area contributed by atoms with Crippen LogP contribution < -0.4 is 0 Å². The molecule has 0 saturated carbocycles. The minimum atomic E-state index is 0.0551. The fraction of sp³-hybridized carbons (Fsp3) is 0.133. The number of aromatic nitrogens is 4. The van der Waals surface area contributed by atoms with Crippen LogP contribution in [-0.2, 0) is 13.7 Å². The molecule has 4 heterocycles. The molecule has 0 amide bonds. The van der Waals surface area contributed by atoms with Crippen LogP contribution in [0.2, 0.25) is 0 Å². The van der Waals surface area contributed by atoms with Gasteiger partial charge in [0.25, 0.3) is 0 Å². The van der Waals surface area contributed by atoms with Crippen molar-refractivity contribution in [3.63, 3.8) is 0 Å². The minimum absolute atomic E-state index is 0.0551. The monoisotopic (exact) mass is 296 g/mol. The second-order valence-corrected chi connectivity index (χ2v) is 6.02. The summed E-state index contributed by atoms with van der Waals surface area (Å²) in [5.74, 6) is 0. The largest absolute Gasteiger partial charge is 0.391 e. The molecule has 6 heteroatoms. The van der Waals surface area contributed by atoms with E-state index in [9.17, 15) is 5.11 Å². The molecule has 104 valence electrons. The van der Waals surface area contributed by atoms with Gasteiger partial charge in [0, 0.05) is 40.7 Å². The fourth-order valence-electron chi connectivity index (χ4n) is 2.38. The van der Waals surface area contributed by atoms with Crippen molar-refractivity contribution >= 4 is 32.6 Å². The molecule has 0 bridgehead atoms. The zero-order valence-electron chi connectivity index (χ0n) is 11.3. The lowest BCUT2D eigenvalue weighted by Crippen LogP contribution is -1.86. The van der Waals surface area contributed by atoms with Crippen molar-refractivity contribution in [3.05, 3.63) is 41.5 Å². The molecule has 0 aliphatic rings. The van der Waals surface area contributed by atoms with Crippen LogP contribution in [0, 0.1) is 0 Å². The Morgan fingerprint density at radius 2 is 2.14 bits per heavy atom. The average Bonchev–Trinajstić information content (AvgIpc) is 3.06. The molecule has 4 aromatic rings. The molecular weight excluding hydrogens is 284 g/mol. The summed E-state index contributed by atoms with van der Waals surface area (Å²) in [6, 6.07) is 8.03. The molecule has 0 aromatic carbocycles. The Bertz CT molecular complexity index is 957. The first-order valence-corrected chi connectivity index (χ1v) is 7.35. The number of fused-ring (bicyclic) bond motifs is 2. The number of aliphatic hydroxyl groups excluding tert-OH is 1. The summed E-state index contributed by atoms with van der Waals surface area (Å²) in [6.45, 7) is 0.0551. The van der Waals surface area contributed by atoms with E-state index in [1.54, 1.807) is 10.9 Å². The number of rotatable bonds is 2. The van der Waals surface area contributed by atoms with Gasteiger partial charge < -0.3 is 5.11 Å². The Hall–Kier alpha value is -2.31. The highest BCUT2D eigenvalue weighted by Crippen LogP contribution is 2.28. The van der Waals surface area contributed by atoms with Crippen molar-refractivity contribution in [1.82, 2.24) is 19.7 Å². The van der Waals surface area contributed by atoms with Crippen LogP contribution in [0.5, 0.6) is 0 Å². The van der Waals surface area contributed by atoms with Gasteiger partial charge in [-0.2, -0.15) is 5.10 Å². The van der Waals surface area contributed by atoms with E-state index in [2.05, 4.69) is 15.1 Å². The Labute approximate surface area is 124 Å². The third-order valence-electron chi connectivity index (χ3n) is 3.36. The normalized spacial score (nSPS) is 11.5. The van der Waals surface area contributed by atoms with Crippen molar-refractivity contribution < 1.29 is 5.11 Å². The molecule has 0 aliphatic heterocycles. The quantitative estimate of drug-likeness (QED) is 0.618. The lowest BCUT2D eigenvalue weighted by atomic mass is 10.1. The molecule has 4 aromatic heterocycles. The molecule has 0 fully saturated rings. The maximum atomic E-state index is 9.21. The first-order valence-electron chi connectivity index (χ1n) is 6.53. The molecule has 0 radical (unpaired) electrons. The SMILES string of the molecule is Cn1cc2cc(-c3ccc4cc(CO)sc4n3)cnc2n1. The second kappa shape index (κ2) is 4.61. The van der Waals surface area contributed by atoms with Crippen molar-refractivity contribution in [2.24, 2.45) is 7.05 Å². The van der Waals surface area contributed by atoms with Gasteiger partial charge in [0.2, 0.25) is 0 Å². The van der Waals surface area contributed by atoms with Gasteiger partial charge in [-0.05, 0) is 24.3 Å². The number of pyridine rings is 2. The summed E-state index contributed by atoms with van der Waals surface area (Å²) in [5, 5.41) is 15.5. The molecule has 0 atom stereocenters. The molecular formula is C15H12N4OS. The van der Waals surface area contributed by atoms with Crippen molar-refractivity contribution in [2.45, 2.75) is 6.61 Å². The standard InChI is InChI=1S/C15H12N4OS/c1-19-7-11-4-10(6-16-14(11)18-19)13-3-2-9-5-12(8-20)21-15(9)17-13/h2-7,20H,8H2,1H3. The van der Waals surface area contributed by atoms with E-state index >= 15 is 0 Å². The Balaban J connectivity index is 1.86. The highest BCUT2D eigenvalue weighted by molar-refractivity contribution is 7.18. The number of hydrogen-bond donors (Lipinski definition) is 1. The van der Waals surface area contributed by atoms with Gasteiger partial charge in [0.05, 0.1) is 12.3 Å². The molecule has 21 heavy (non-hydrogen) atoms. The Kier molecular flexibility index (Phi) is 2.73. The van der Waals surface area contributed by atoms with E-state index in [1.807, 2.05) is 37.5 Å². The molecule has 0 unspecified atom stereocenters. The summed E-state index contributed by atoms with van der Waals surface area (Å²) >= 11 is 1.52. The minimum Gasteiger partial charge on any atom is -0.391 e. The summed E-state index contributed by atoms with van der Waals surface area (Å²) in [5.41, 5.74) is 2.59. The first-order chi connectivity index (χ1) is 10.2. The van der Waals surface area contributed by atoms with Gasteiger partial charge >= 0.3 is 0 Å². The zero-order valence-corrected chi connectivity index (χ0v) is 12.1. The van der Waals surface area contributed by atoms with Crippen LogP contribution in [0.15, 0.2) is 36.7 Å². The maximum Gasteiger partial charge on any atom is 0.181 e. The van der Waals surface area contributed by atoms with E-state index in [0.717, 1.165) is 37.4 Å². The van der Waals surface area contributed by atoms with Crippen LogP contribution in [0.3, 0.4) is 0 Å². The Morgan fingerprint density at radius 1 is 1.24 bits per heavy atom. The van der Waals surface area contributed by atoms with Gasteiger partial charge in [-0.1, -0.05) is 0 Å². The van der Waals surface area contributed by atoms with E-state index < -0.39 is 0 Å². The molecule has 1 N–H and O–H groups in total. The molecule has 0 saturated heterocycles. The smallest absolute Gasteiger partial charge is 0.181 e. The third-order valence-corrected chi connectivity index (χ3v) is 4.39. The predicted octanol–water partition coefficient (Wildman–Crippen LogP) is 2.74. The maximum absolute atomic E-state index is 9.21. The molecule has 4 rings (SSSR count). The topological polar surface area (TPSA) is 63.8 Å². The number of hydrogen-bond acceptors (Lipinski definition) is 5. The van der Waals surface area contributed by atoms with Crippen LogP contribution in [0.4, 0.5) is 0 Å². The molecule has 0 aliphatic carbocycles. The molecule has 5 nitrogen and oxygen atoms in total. The van der Waals surface area contributed by atoms with Gasteiger partial charge in [-0.3, -0.25) is 4.68 Å². The molecule has 0 spiro atoms. The highest BCUT2D eigenvalue weighted by Gasteiger charge is 2.08. The summed E-state index contributed by atoms with van der Waals surface area (Å²) in [4.78, 5) is 10.9. The highest BCUT2D eigenvalue weighted by atomic mass is 32.1. The third kappa shape index (κ3) is 2.09. The van der Waals surface area contributed by atoms with E-state index in [1.165, 1.54) is 11.3 Å². The summed E-state index contributed by atoms with van der Waals surface area (Å²) in [7, 11) is 1.88.